The van der Waals surface area contributed by atoms with E-state index < -0.39 is 0 Å². The van der Waals surface area contributed by atoms with Crippen molar-refractivity contribution in [2.75, 3.05) is 14.2 Å². The lowest BCUT2D eigenvalue weighted by molar-refractivity contribution is 0.405. The van der Waals surface area contributed by atoms with Crippen molar-refractivity contribution in [2.45, 2.75) is 12.5 Å². The molecule has 0 aliphatic heterocycles. The van der Waals surface area contributed by atoms with Gasteiger partial charge in [0.2, 0.25) is 0 Å². The predicted molar refractivity (Wildman–Crippen MR) is 78.2 cm³/mol. The van der Waals surface area contributed by atoms with Crippen molar-refractivity contribution >= 4 is 15.9 Å². The molecule has 1 heterocycles. The van der Waals surface area contributed by atoms with E-state index in [9.17, 15) is 0 Å². The fraction of sp³-hybridized carbons (Fsp3) is 0.286. The number of ether oxygens (including phenoxy) is 1. The molecular formula is C14H16BrN3O. The van der Waals surface area contributed by atoms with E-state index in [0.29, 0.717) is 0 Å². The maximum absolute atomic E-state index is 5.39. The van der Waals surface area contributed by atoms with Gasteiger partial charge in [0.05, 0.1) is 13.2 Å². The minimum Gasteiger partial charge on any atom is -0.496 e. The molecule has 19 heavy (non-hydrogen) atoms. The van der Waals surface area contributed by atoms with E-state index in [1.807, 2.05) is 25.2 Å². The number of benzene rings is 1. The van der Waals surface area contributed by atoms with Gasteiger partial charge >= 0.3 is 0 Å². The zero-order valence-electron chi connectivity index (χ0n) is 10.9. The maximum atomic E-state index is 5.39. The molecule has 4 nitrogen and oxygen atoms in total. The molecule has 0 aliphatic rings. The number of hydrogen-bond donors (Lipinski definition) is 1. The minimum absolute atomic E-state index is 0.0596. The highest BCUT2D eigenvalue weighted by atomic mass is 79.9. The Morgan fingerprint density at radius 1 is 1.32 bits per heavy atom. The second kappa shape index (κ2) is 6.63. The molecule has 0 radical (unpaired) electrons. The molecule has 0 fully saturated rings. The molecule has 1 N–H and O–H groups in total. The standard InChI is InChI=1S/C14H16BrN3O/c1-16-12(14-17-6-3-7-18-14)9-10-8-11(15)4-5-13(10)19-2/h3-8,12,16H,9H2,1-2H3. The van der Waals surface area contributed by atoms with E-state index in [1.54, 1.807) is 19.5 Å². The Labute approximate surface area is 121 Å². The Hall–Kier alpha value is -1.46. The summed E-state index contributed by atoms with van der Waals surface area (Å²) in [6.07, 6.45) is 4.28. The van der Waals surface area contributed by atoms with Crippen LogP contribution in [-0.4, -0.2) is 24.1 Å². The highest BCUT2D eigenvalue weighted by Gasteiger charge is 2.15. The van der Waals surface area contributed by atoms with Crippen LogP contribution in [0.4, 0.5) is 0 Å². The van der Waals surface area contributed by atoms with Crippen LogP contribution in [0, 0.1) is 0 Å². The van der Waals surface area contributed by atoms with Crippen molar-refractivity contribution in [3.8, 4) is 5.75 Å². The van der Waals surface area contributed by atoms with Gasteiger partial charge in [0.15, 0.2) is 0 Å². The van der Waals surface area contributed by atoms with E-state index >= 15 is 0 Å². The Bertz CT molecular complexity index is 533. The first-order chi connectivity index (χ1) is 9.24. The van der Waals surface area contributed by atoms with Crippen molar-refractivity contribution in [1.29, 1.82) is 0 Å². The first-order valence-electron chi connectivity index (χ1n) is 6.01. The minimum atomic E-state index is 0.0596. The summed E-state index contributed by atoms with van der Waals surface area (Å²) in [4.78, 5) is 8.60. The summed E-state index contributed by atoms with van der Waals surface area (Å²) < 4.78 is 6.43. The van der Waals surface area contributed by atoms with Gasteiger partial charge in [-0.1, -0.05) is 15.9 Å². The van der Waals surface area contributed by atoms with Crippen LogP contribution in [0.3, 0.4) is 0 Å². The number of nitrogens with zero attached hydrogens (tertiary/aromatic N) is 2. The predicted octanol–water partition coefficient (Wildman–Crippen LogP) is 2.75. The van der Waals surface area contributed by atoms with Crippen LogP contribution in [-0.2, 0) is 6.42 Å². The van der Waals surface area contributed by atoms with Crippen molar-refractivity contribution in [3.63, 3.8) is 0 Å². The van der Waals surface area contributed by atoms with Crippen molar-refractivity contribution in [1.82, 2.24) is 15.3 Å². The van der Waals surface area contributed by atoms with Crippen LogP contribution in [0.2, 0.25) is 0 Å². The zero-order chi connectivity index (χ0) is 13.7. The molecule has 1 aromatic carbocycles. The van der Waals surface area contributed by atoms with Gasteiger partial charge in [-0.25, -0.2) is 9.97 Å². The lowest BCUT2D eigenvalue weighted by atomic mass is 10.0. The Kier molecular flexibility index (Phi) is 4.87. The largest absolute Gasteiger partial charge is 0.496 e. The molecule has 0 amide bonds. The van der Waals surface area contributed by atoms with E-state index in [2.05, 4.69) is 37.3 Å². The summed E-state index contributed by atoms with van der Waals surface area (Å²) in [6, 6.07) is 7.86. The molecule has 2 rings (SSSR count). The SMILES string of the molecule is CNC(Cc1cc(Br)ccc1OC)c1ncccn1. The fourth-order valence-electron chi connectivity index (χ4n) is 1.94. The lowest BCUT2D eigenvalue weighted by Crippen LogP contribution is -2.21. The fourth-order valence-corrected chi connectivity index (χ4v) is 2.35. The topological polar surface area (TPSA) is 47.0 Å². The Morgan fingerprint density at radius 3 is 2.68 bits per heavy atom. The average Bonchev–Trinajstić information content (AvgIpc) is 2.46. The first kappa shape index (κ1) is 14.0. The maximum Gasteiger partial charge on any atom is 0.145 e. The van der Waals surface area contributed by atoms with Gasteiger partial charge in [-0.15, -0.1) is 0 Å². The quantitative estimate of drug-likeness (QED) is 0.919. The monoisotopic (exact) mass is 321 g/mol. The van der Waals surface area contributed by atoms with E-state index in [-0.39, 0.29) is 6.04 Å². The number of likely N-dealkylation sites (N-methyl/N-ethyl adjacent to an activating group) is 1. The number of rotatable bonds is 5. The molecule has 1 atom stereocenters. The second-order valence-corrected chi connectivity index (χ2v) is 5.02. The Balaban J connectivity index is 2.26. The van der Waals surface area contributed by atoms with Crippen LogP contribution in [0.15, 0.2) is 41.1 Å². The molecule has 0 saturated carbocycles. The number of hydrogen-bond acceptors (Lipinski definition) is 4. The van der Waals surface area contributed by atoms with Gasteiger partial charge in [0, 0.05) is 16.9 Å². The number of halogens is 1. The molecule has 100 valence electrons. The van der Waals surface area contributed by atoms with Gasteiger partial charge in [-0.2, -0.15) is 0 Å². The summed E-state index contributed by atoms with van der Waals surface area (Å²) in [5, 5.41) is 3.24. The number of aromatic nitrogens is 2. The van der Waals surface area contributed by atoms with Gasteiger partial charge in [-0.05, 0) is 43.3 Å². The number of methoxy groups -OCH3 is 1. The van der Waals surface area contributed by atoms with Crippen LogP contribution in [0.25, 0.3) is 0 Å². The van der Waals surface area contributed by atoms with E-state index in [1.165, 1.54) is 0 Å². The highest BCUT2D eigenvalue weighted by Crippen LogP contribution is 2.26. The molecule has 0 spiro atoms. The van der Waals surface area contributed by atoms with Crippen molar-refractivity contribution in [2.24, 2.45) is 0 Å². The summed E-state index contributed by atoms with van der Waals surface area (Å²) in [5.74, 6) is 1.66. The van der Waals surface area contributed by atoms with Gasteiger partial charge in [0.25, 0.3) is 0 Å². The summed E-state index contributed by atoms with van der Waals surface area (Å²) in [5.41, 5.74) is 1.11. The molecule has 0 saturated heterocycles. The molecule has 0 aliphatic carbocycles. The highest BCUT2D eigenvalue weighted by molar-refractivity contribution is 9.10. The molecular weight excluding hydrogens is 306 g/mol. The third-order valence-electron chi connectivity index (χ3n) is 2.91. The van der Waals surface area contributed by atoms with Crippen molar-refractivity contribution < 1.29 is 4.74 Å². The van der Waals surface area contributed by atoms with Crippen LogP contribution in [0.5, 0.6) is 5.75 Å². The summed E-state index contributed by atoms with van der Waals surface area (Å²) >= 11 is 3.49. The molecule has 1 unspecified atom stereocenters. The molecule has 1 aromatic heterocycles. The first-order valence-corrected chi connectivity index (χ1v) is 6.80. The zero-order valence-corrected chi connectivity index (χ0v) is 12.5. The normalized spacial score (nSPS) is 12.2. The third-order valence-corrected chi connectivity index (χ3v) is 3.41. The molecule has 0 bridgehead atoms. The van der Waals surface area contributed by atoms with Gasteiger partial charge < -0.3 is 10.1 Å². The third kappa shape index (κ3) is 3.52. The van der Waals surface area contributed by atoms with E-state index in [0.717, 1.165) is 28.0 Å². The van der Waals surface area contributed by atoms with Gasteiger partial charge in [0.1, 0.15) is 11.6 Å². The van der Waals surface area contributed by atoms with Crippen LogP contribution in [0.1, 0.15) is 17.4 Å². The summed E-state index contributed by atoms with van der Waals surface area (Å²) in [6.45, 7) is 0. The van der Waals surface area contributed by atoms with E-state index in [4.69, 9.17) is 4.74 Å². The van der Waals surface area contributed by atoms with Crippen LogP contribution < -0.4 is 10.1 Å². The average molecular weight is 322 g/mol. The smallest absolute Gasteiger partial charge is 0.145 e. The van der Waals surface area contributed by atoms with Crippen LogP contribution >= 0.6 is 15.9 Å². The van der Waals surface area contributed by atoms with Crippen molar-refractivity contribution in [3.05, 3.63) is 52.5 Å². The second-order valence-electron chi connectivity index (χ2n) is 4.11. The molecule has 5 heteroatoms. The summed E-state index contributed by atoms with van der Waals surface area (Å²) in [7, 11) is 3.59. The number of nitrogens with one attached hydrogen (secondary N) is 1. The van der Waals surface area contributed by atoms with Gasteiger partial charge in [-0.3, -0.25) is 0 Å². The Morgan fingerprint density at radius 2 is 2.05 bits per heavy atom. The lowest BCUT2D eigenvalue weighted by Gasteiger charge is -2.16. The molecule has 2 aromatic rings.